The van der Waals surface area contributed by atoms with E-state index in [1.807, 2.05) is 55.5 Å². The first kappa shape index (κ1) is 21.1. The number of nitrogens with one attached hydrogen (secondary N) is 2. The lowest BCUT2D eigenvalue weighted by Crippen LogP contribution is -2.45. The molecule has 0 aliphatic carbocycles. The number of halogens is 1. The van der Waals surface area contributed by atoms with Gasteiger partial charge >= 0.3 is 0 Å². The van der Waals surface area contributed by atoms with Gasteiger partial charge in [0.05, 0.1) is 20.2 Å². The zero-order valence-corrected chi connectivity index (χ0v) is 17.9. The molecule has 0 bridgehead atoms. The second kappa shape index (κ2) is 10.9. The van der Waals surface area contributed by atoms with Crippen molar-refractivity contribution in [1.29, 1.82) is 0 Å². The molecular weight excluding hydrogens is 457 g/mol. The molecule has 0 saturated carbocycles. The van der Waals surface area contributed by atoms with Gasteiger partial charge in [-0.2, -0.15) is 0 Å². The number of hydrogen-bond donors (Lipinski definition) is 2. The summed E-state index contributed by atoms with van der Waals surface area (Å²) in [4.78, 5) is 4.63. The van der Waals surface area contributed by atoms with Crippen LogP contribution in [-0.4, -0.2) is 38.9 Å². The number of benzene rings is 2. The fourth-order valence-corrected chi connectivity index (χ4v) is 2.66. The van der Waals surface area contributed by atoms with Crippen LogP contribution in [0.4, 0.5) is 0 Å². The summed E-state index contributed by atoms with van der Waals surface area (Å²) < 4.78 is 17.0. The van der Waals surface area contributed by atoms with Gasteiger partial charge in [0.2, 0.25) is 0 Å². The zero-order chi connectivity index (χ0) is 18.2. The van der Waals surface area contributed by atoms with E-state index in [0.717, 1.165) is 35.3 Å². The van der Waals surface area contributed by atoms with Crippen molar-refractivity contribution in [3.63, 3.8) is 0 Å². The molecule has 1 aliphatic rings. The number of nitrogens with zero attached hydrogens (tertiary/aromatic N) is 1. The van der Waals surface area contributed by atoms with Crippen molar-refractivity contribution in [3.8, 4) is 17.2 Å². The lowest BCUT2D eigenvalue weighted by atomic mass is 10.2. The number of hydrogen-bond acceptors (Lipinski definition) is 4. The average Bonchev–Trinajstić information content (AvgIpc) is 2.70. The van der Waals surface area contributed by atoms with Crippen molar-refractivity contribution in [1.82, 2.24) is 10.6 Å². The summed E-state index contributed by atoms with van der Waals surface area (Å²) in [7, 11) is 1.67. The zero-order valence-electron chi connectivity index (χ0n) is 15.6. The molecule has 1 heterocycles. The number of rotatable bonds is 6. The Hall–Kier alpha value is -2.16. The number of fused-ring (bicyclic) bond motifs is 1. The van der Waals surface area contributed by atoms with Gasteiger partial charge in [-0.05, 0) is 36.8 Å². The molecule has 6 nitrogen and oxygen atoms in total. The molecule has 0 radical (unpaired) electrons. The van der Waals surface area contributed by atoms with Gasteiger partial charge in [-0.25, -0.2) is 4.99 Å². The maximum absolute atomic E-state index is 5.97. The van der Waals surface area contributed by atoms with E-state index < -0.39 is 0 Å². The Morgan fingerprint density at radius 1 is 1.15 bits per heavy atom. The number of para-hydroxylation sites is 2. The third-order valence-electron chi connectivity index (χ3n) is 3.96. The molecule has 0 amide bonds. The highest BCUT2D eigenvalue weighted by Crippen LogP contribution is 2.30. The summed E-state index contributed by atoms with van der Waals surface area (Å²) in [5, 5.41) is 6.57. The second-order valence-electron chi connectivity index (χ2n) is 5.93. The molecule has 1 atom stereocenters. The fourth-order valence-electron chi connectivity index (χ4n) is 2.66. The van der Waals surface area contributed by atoms with E-state index in [2.05, 4.69) is 15.6 Å². The van der Waals surface area contributed by atoms with Crippen LogP contribution in [0.2, 0.25) is 0 Å². The Bertz CT molecular complexity index is 755. The molecular formula is C20H26IN3O3. The fraction of sp³-hybridized carbons (Fsp3) is 0.350. The Morgan fingerprint density at radius 2 is 1.96 bits per heavy atom. The Balaban J connectivity index is 0.00000261. The van der Waals surface area contributed by atoms with Crippen LogP contribution in [0.5, 0.6) is 17.2 Å². The van der Waals surface area contributed by atoms with Gasteiger partial charge in [0.25, 0.3) is 0 Å². The number of aliphatic imine (C=N–C) groups is 1. The van der Waals surface area contributed by atoms with Crippen LogP contribution in [0.15, 0.2) is 53.5 Å². The minimum atomic E-state index is -0.0643. The van der Waals surface area contributed by atoms with Crippen molar-refractivity contribution < 1.29 is 14.2 Å². The quantitative estimate of drug-likeness (QED) is 0.376. The second-order valence-corrected chi connectivity index (χ2v) is 5.93. The molecule has 3 rings (SSSR count). The predicted octanol–water partition coefficient (Wildman–Crippen LogP) is 3.21. The maximum atomic E-state index is 5.97. The van der Waals surface area contributed by atoms with Crippen LogP contribution in [-0.2, 0) is 6.54 Å². The van der Waals surface area contributed by atoms with Crippen LogP contribution in [0, 0.1) is 0 Å². The predicted molar refractivity (Wildman–Crippen MR) is 118 cm³/mol. The highest BCUT2D eigenvalue weighted by molar-refractivity contribution is 14.0. The van der Waals surface area contributed by atoms with E-state index in [1.54, 1.807) is 7.11 Å². The summed E-state index contributed by atoms with van der Waals surface area (Å²) >= 11 is 0. The monoisotopic (exact) mass is 483 g/mol. The molecule has 146 valence electrons. The molecule has 0 aromatic heterocycles. The van der Waals surface area contributed by atoms with Gasteiger partial charge in [-0.3, -0.25) is 0 Å². The van der Waals surface area contributed by atoms with Gasteiger partial charge in [-0.1, -0.05) is 24.3 Å². The van der Waals surface area contributed by atoms with Crippen LogP contribution in [0.25, 0.3) is 0 Å². The Morgan fingerprint density at radius 3 is 2.74 bits per heavy atom. The maximum Gasteiger partial charge on any atom is 0.191 e. The van der Waals surface area contributed by atoms with E-state index in [-0.39, 0.29) is 30.1 Å². The topological polar surface area (TPSA) is 64.1 Å². The lowest BCUT2D eigenvalue weighted by Gasteiger charge is -2.27. The van der Waals surface area contributed by atoms with Gasteiger partial charge < -0.3 is 24.8 Å². The van der Waals surface area contributed by atoms with Crippen molar-refractivity contribution in [2.24, 2.45) is 4.99 Å². The summed E-state index contributed by atoms with van der Waals surface area (Å²) in [6.45, 7) is 4.52. The minimum Gasteiger partial charge on any atom is -0.497 e. The first-order valence-corrected chi connectivity index (χ1v) is 8.82. The van der Waals surface area contributed by atoms with Gasteiger partial charge in [-0.15, -0.1) is 24.0 Å². The molecule has 0 fully saturated rings. The summed E-state index contributed by atoms with van der Waals surface area (Å²) in [6, 6.07) is 15.6. The third kappa shape index (κ3) is 6.20. The molecule has 1 aliphatic heterocycles. The molecule has 0 spiro atoms. The summed E-state index contributed by atoms with van der Waals surface area (Å²) in [5.41, 5.74) is 1.09. The molecule has 7 heteroatoms. The number of ether oxygens (including phenoxy) is 3. The van der Waals surface area contributed by atoms with E-state index in [9.17, 15) is 0 Å². The average molecular weight is 483 g/mol. The molecule has 2 N–H and O–H groups in total. The standard InChI is InChI=1S/C20H25N3O3.HI/c1-3-21-20(22-12-15-7-6-8-16(11-15)24-2)23-13-17-14-25-18-9-4-5-10-19(18)26-17;/h4-11,17H,3,12-14H2,1-2H3,(H2,21,22,23);1H. The largest absolute Gasteiger partial charge is 0.497 e. The summed E-state index contributed by atoms with van der Waals surface area (Å²) in [5.74, 6) is 3.16. The van der Waals surface area contributed by atoms with Crippen molar-refractivity contribution in [3.05, 3.63) is 54.1 Å². The van der Waals surface area contributed by atoms with Crippen LogP contribution in [0.1, 0.15) is 12.5 Å². The first-order valence-electron chi connectivity index (χ1n) is 8.82. The van der Waals surface area contributed by atoms with Crippen molar-refractivity contribution in [2.45, 2.75) is 19.6 Å². The highest BCUT2D eigenvalue weighted by Gasteiger charge is 2.20. The normalized spacial score (nSPS) is 15.5. The summed E-state index contributed by atoms with van der Waals surface area (Å²) in [6.07, 6.45) is -0.0643. The third-order valence-corrected chi connectivity index (χ3v) is 3.96. The van der Waals surface area contributed by atoms with Crippen LogP contribution < -0.4 is 24.8 Å². The Kier molecular flexibility index (Phi) is 8.50. The molecule has 1 unspecified atom stereocenters. The molecule has 2 aromatic rings. The van der Waals surface area contributed by atoms with Gasteiger partial charge in [0.1, 0.15) is 18.5 Å². The molecule has 0 saturated heterocycles. The molecule has 2 aromatic carbocycles. The minimum absolute atomic E-state index is 0. The van der Waals surface area contributed by atoms with E-state index >= 15 is 0 Å². The van der Waals surface area contributed by atoms with E-state index in [1.165, 1.54) is 0 Å². The first-order chi connectivity index (χ1) is 12.8. The van der Waals surface area contributed by atoms with E-state index in [0.29, 0.717) is 19.7 Å². The molecule has 27 heavy (non-hydrogen) atoms. The SMILES string of the molecule is CCNC(=NCc1cccc(OC)c1)NCC1COc2ccccc2O1.I. The van der Waals surface area contributed by atoms with Crippen molar-refractivity contribution in [2.75, 3.05) is 26.8 Å². The van der Waals surface area contributed by atoms with Crippen molar-refractivity contribution >= 4 is 29.9 Å². The highest BCUT2D eigenvalue weighted by atomic mass is 127. The smallest absolute Gasteiger partial charge is 0.191 e. The lowest BCUT2D eigenvalue weighted by molar-refractivity contribution is 0.0936. The van der Waals surface area contributed by atoms with Gasteiger partial charge in [0, 0.05) is 6.54 Å². The Labute approximate surface area is 177 Å². The van der Waals surface area contributed by atoms with Gasteiger partial charge in [0.15, 0.2) is 17.5 Å². The van der Waals surface area contributed by atoms with E-state index in [4.69, 9.17) is 14.2 Å². The van der Waals surface area contributed by atoms with Crippen LogP contribution in [0.3, 0.4) is 0 Å². The number of guanidine groups is 1. The number of methoxy groups -OCH3 is 1. The van der Waals surface area contributed by atoms with Crippen LogP contribution >= 0.6 is 24.0 Å².